The molecule has 2 heterocycles. The van der Waals surface area contributed by atoms with Gasteiger partial charge in [0.15, 0.2) is 0 Å². The fraction of sp³-hybridized carbons (Fsp3) is 0.333. The van der Waals surface area contributed by atoms with Crippen molar-refractivity contribution in [2.24, 2.45) is 0 Å². The highest BCUT2D eigenvalue weighted by Gasteiger charge is 2.28. The van der Waals surface area contributed by atoms with E-state index in [4.69, 9.17) is 0 Å². The summed E-state index contributed by atoms with van der Waals surface area (Å²) < 4.78 is 0. The van der Waals surface area contributed by atoms with E-state index in [0.717, 1.165) is 58.5 Å². The van der Waals surface area contributed by atoms with Gasteiger partial charge in [0.25, 0.3) is 11.8 Å². The molecule has 1 aromatic heterocycles. The number of rotatable bonds is 11. The molecular weight excluding hydrogens is 480 g/mol. The molecule has 2 amide bonds. The summed E-state index contributed by atoms with van der Waals surface area (Å²) in [7, 11) is 0. The number of allylic oxidation sites excluding steroid dienone is 3. The normalized spacial score (nSPS) is 16.7. The summed E-state index contributed by atoms with van der Waals surface area (Å²) in [6.45, 7) is 17.4. The summed E-state index contributed by atoms with van der Waals surface area (Å²) in [6.07, 6.45) is 5.68. The highest BCUT2D eigenvalue weighted by Crippen LogP contribution is 2.32. The van der Waals surface area contributed by atoms with Crippen LogP contribution in [-0.2, 0) is 10.5 Å². The quantitative estimate of drug-likeness (QED) is 0.344. The van der Waals surface area contributed by atoms with Crippen molar-refractivity contribution in [3.05, 3.63) is 98.9 Å². The lowest BCUT2D eigenvalue weighted by Crippen LogP contribution is -2.35. The van der Waals surface area contributed by atoms with Gasteiger partial charge >= 0.3 is 0 Å². The summed E-state index contributed by atoms with van der Waals surface area (Å²) in [6, 6.07) is 10.2. The number of carbonyl (C=O) groups is 2. The van der Waals surface area contributed by atoms with Crippen molar-refractivity contribution >= 4 is 29.7 Å². The van der Waals surface area contributed by atoms with Crippen LogP contribution in [0.1, 0.15) is 53.6 Å². The van der Waals surface area contributed by atoms with Gasteiger partial charge in [-0.15, -0.1) is 11.8 Å². The van der Waals surface area contributed by atoms with Gasteiger partial charge in [0.05, 0.1) is 11.1 Å². The molecule has 1 fully saturated rings. The third-order valence-corrected chi connectivity index (χ3v) is 7.50. The van der Waals surface area contributed by atoms with Crippen molar-refractivity contribution in [1.29, 1.82) is 0 Å². The fourth-order valence-electron chi connectivity index (χ4n) is 4.36. The average Bonchev–Trinajstić information content (AvgIpc) is 3.35. The van der Waals surface area contributed by atoms with E-state index in [2.05, 4.69) is 53.1 Å². The predicted octanol–water partition coefficient (Wildman–Crippen LogP) is 5.49. The van der Waals surface area contributed by atoms with Crippen molar-refractivity contribution in [1.82, 2.24) is 20.5 Å². The Hall–Kier alpha value is -3.29. The molecule has 1 saturated heterocycles. The van der Waals surface area contributed by atoms with Crippen LogP contribution in [0, 0.1) is 13.8 Å². The monoisotopic (exact) mass is 518 g/mol. The number of nitrogens with one attached hydrogen (secondary N) is 3. The van der Waals surface area contributed by atoms with Gasteiger partial charge in [0.2, 0.25) is 0 Å². The van der Waals surface area contributed by atoms with Crippen LogP contribution in [0.25, 0.3) is 6.08 Å². The zero-order valence-corrected chi connectivity index (χ0v) is 23.3. The standard InChI is InChI=1S/C30H38N4O2S/c1-7-26-24(17-20(4)37-19-23-13-11-10-12-14-23)25(29(35)33-26)18-27-21(5)28(22(6)32-27)30(36)31-15-16-34(8-2)9-3/h7,10-14,17-18,32H,4,8-9,15-16,19H2,1-3,5-6H3,(H,31,36)(H,33,35)/b24-17-,25-18-,26-7+. The molecular formula is C30H38N4O2S. The summed E-state index contributed by atoms with van der Waals surface area (Å²) in [4.78, 5) is 32.3. The molecule has 7 heteroatoms. The minimum absolute atomic E-state index is 0.102. The van der Waals surface area contributed by atoms with Crippen molar-refractivity contribution in [2.45, 2.75) is 40.4 Å². The largest absolute Gasteiger partial charge is 0.358 e. The van der Waals surface area contributed by atoms with Gasteiger partial charge in [-0.2, -0.15) is 0 Å². The molecule has 0 saturated carbocycles. The predicted molar refractivity (Wildman–Crippen MR) is 155 cm³/mol. The van der Waals surface area contributed by atoms with E-state index in [1.807, 2.05) is 57.2 Å². The summed E-state index contributed by atoms with van der Waals surface area (Å²) in [5.74, 6) is 0.531. The van der Waals surface area contributed by atoms with Crippen molar-refractivity contribution in [3.8, 4) is 0 Å². The molecule has 3 N–H and O–H groups in total. The Morgan fingerprint density at radius 3 is 2.49 bits per heavy atom. The van der Waals surface area contributed by atoms with E-state index in [-0.39, 0.29) is 11.8 Å². The first-order valence-corrected chi connectivity index (χ1v) is 13.7. The second-order valence-electron chi connectivity index (χ2n) is 8.96. The second-order valence-corrected chi connectivity index (χ2v) is 10.1. The number of benzene rings is 1. The Morgan fingerprint density at radius 1 is 1.14 bits per heavy atom. The number of thioether (sulfide) groups is 1. The molecule has 1 aliphatic heterocycles. The third kappa shape index (κ3) is 7.14. The Kier molecular flexibility index (Phi) is 10.2. The van der Waals surface area contributed by atoms with Crippen LogP contribution in [0.4, 0.5) is 0 Å². The number of aryl methyl sites for hydroxylation is 1. The van der Waals surface area contributed by atoms with E-state index in [1.54, 1.807) is 11.8 Å². The van der Waals surface area contributed by atoms with E-state index in [9.17, 15) is 9.59 Å². The number of aromatic nitrogens is 1. The molecule has 1 aromatic carbocycles. The molecule has 0 spiro atoms. The van der Waals surface area contributed by atoms with Crippen molar-refractivity contribution in [2.75, 3.05) is 26.2 Å². The van der Waals surface area contributed by atoms with Gasteiger partial charge in [-0.1, -0.05) is 56.8 Å². The summed E-state index contributed by atoms with van der Waals surface area (Å²) in [5.41, 5.74) is 6.31. The zero-order chi connectivity index (χ0) is 26.9. The first-order valence-electron chi connectivity index (χ1n) is 12.8. The van der Waals surface area contributed by atoms with Gasteiger partial charge < -0.3 is 20.5 Å². The molecule has 37 heavy (non-hydrogen) atoms. The third-order valence-electron chi connectivity index (χ3n) is 6.53. The van der Waals surface area contributed by atoms with Crippen molar-refractivity contribution < 1.29 is 9.59 Å². The summed E-state index contributed by atoms with van der Waals surface area (Å²) >= 11 is 1.64. The molecule has 3 rings (SSSR count). The molecule has 0 atom stereocenters. The fourth-order valence-corrected chi connectivity index (χ4v) is 5.11. The van der Waals surface area contributed by atoms with Crippen LogP contribution in [0.15, 0.2) is 70.8 Å². The maximum Gasteiger partial charge on any atom is 0.256 e. The molecule has 6 nitrogen and oxygen atoms in total. The molecule has 0 aliphatic carbocycles. The Labute approximate surface area is 225 Å². The number of hydrogen-bond donors (Lipinski definition) is 3. The van der Waals surface area contributed by atoms with Gasteiger partial charge in [0.1, 0.15) is 0 Å². The molecule has 2 aromatic rings. The lowest BCUT2D eigenvalue weighted by Gasteiger charge is -2.18. The smallest absolute Gasteiger partial charge is 0.256 e. The maximum atomic E-state index is 13.0. The van der Waals surface area contributed by atoms with Crippen LogP contribution in [0.3, 0.4) is 0 Å². The number of hydrogen-bond acceptors (Lipinski definition) is 4. The molecule has 0 unspecified atom stereocenters. The minimum Gasteiger partial charge on any atom is -0.358 e. The van der Waals surface area contributed by atoms with Gasteiger partial charge in [0, 0.05) is 46.4 Å². The van der Waals surface area contributed by atoms with E-state index < -0.39 is 0 Å². The molecule has 1 aliphatic rings. The Balaban J connectivity index is 1.82. The average molecular weight is 519 g/mol. The summed E-state index contributed by atoms with van der Waals surface area (Å²) in [5, 5.41) is 5.99. The number of H-pyrrole nitrogens is 1. The lowest BCUT2D eigenvalue weighted by atomic mass is 10.0. The first-order chi connectivity index (χ1) is 17.8. The topological polar surface area (TPSA) is 77.2 Å². The highest BCUT2D eigenvalue weighted by molar-refractivity contribution is 8.02. The van der Waals surface area contributed by atoms with Crippen LogP contribution >= 0.6 is 11.8 Å². The minimum atomic E-state index is -0.169. The van der Waals surface area contributed by atoms with Crippen molar-refractivity contribution in [3.63, 3.8) is 0 Å². The Bertz CT molecular complexity index is 1230. The maximum absolute atomic E-state index is 13.0. The van der Waals surface area contributed by atoms with Gasteiger partial charge in [-0.3, -0.25) is 9.59 Å². The molecule has 196 valence electrons. The lowest BCUT2D eigenvalue weighted by molar-refractivity contribution is -0.115. The van der Waals surface area contributed by atoms with E-state index >= 15 is 0 Å². The van der Waals surface area contributed by atoms with Crippen LogP contribution in [0.2, 0.25) is 0 Å². The number of carbonyl (C=O) groups excluding carboxylic acids is 2. The highest BCUT2D eigenvalue weighted by atomic mass is 32.2. The SMILES string of the molecule is C=C(/C=C1C(=C/c2[nH]c(C)c(C(=O)NCCN(CC)CC)c2C)/C(=O)NC/1=C/C)SCc1ccccc1. The van der Waals surface area contributed by atoms with Gasteiger partial charge in [-0.05, 0) is 57.1 Å². The second kappa shape index (κ2) is 13.3. The zero-order valence-electron chi connectivity index (χ0n) is 22.5. The van der Waals surface area contributed by atoms with Gasteiger partial charge in [-0.25, -0.2) is 0 Å². The number of likely N-dealkylation sites (N-methyl/N-ethyl adjacent to an activating group) is 1. The molecule has 0 bridgehead atoms. The molecule has 0 radical (unpaired) electrons. The number of aromatic amines is 1. The van der Waals surface area contributed by atoms with Crippen LogP contribution in [0.5, 0.6) is 0 Å². The number of nitrogens with zero attached hydrogens (tertiary/aromatic N) is 1. The Morgan fingerprint density at radius 2 is 1.84 bits per heavy atom. The van der Waals surface area contributed by atoms with E-state index in [0.29, 0.717) is 17.7 Å². The van der Waals surface area contributed by atoms with Crippen LogP contribution in [-0.4, -0.2) is 47.9 Å². The van der Waals surface area contributed by atoms with Crippen LogP contribution < -0.4 is 10.6 Å². The first kappa shape index (κ1) is 28.3. The number of amides is 2. The van der Waals surface area contributed by atoms with E-state index in [1.165, 1.54) is 5.56 Å².